The molecule has 1 N–H and O–H groups in total. The third-order valence-corrected chi connectivity index (χ3v) is 4.88. The van der Waals surface area contributed by atoms with Gasteiger partial charge in [0.05, 0.1) is 17.5 Å². The average Bonchev–Trinajstić information content (AvgIpc) is 2.99. The highest BCUT2D eigenvalue weighted by Crippen LogP contribution is 2.36. The Morgan fingerprint density at radius 1 is 1.35 bits per heavy atom. The number of ether oxygens (including phenoxy) is 1. The zero-order chi connectivity index (χ0) is 14.1. The van der Waals surface area contributed by atoms with Gasteiger partial charge in [0.2, 0.25) is 12.0 Å². The number of para-hydroxylation sites is 2. The number of anilines is 1. The van der Waals surface area contributed by atoms with Gasteiger partial charge in [0.15, 0.2) is 0 Å². The molecule has 1 saturated heterocycles. The van der Waals surface area contributed by atoms with Crippen molar-refractivity contribution >= 4 is 29.3 Å². The van der Waals surface area contributed by atoms with Crippen molar-refractivity contribution in [1.29, 1.82) is 0 Å². The summed E-state index contributed by atoms with van der Waals surface area (Å²) in [4.78, 5) is 25.3. The quantitative estimate of drug-likeness (QED) is 0.900. The van der Waals surface area contributed by atoms with Crippen molar-refractivity contribution < 1.29 is 19.4 Å². The van der Waals surface area contributed by atoms with E-state index in [1.54, 1.807) is 34.9 Å². The number of fused-ring (bicyclic) bond motifs is 1. The Kier molecular flexibility index (Phi) is 3.56. The number of nitrogens with zero attached hydrogens (tertiary/aromatic N) is 1. The number of carboxylic acid groups (broad SMARTS) is 1. The number of hydrogen-bond donors (Lipinski definition) is 1. The number of carbonyl (C=O) groups is 2. The van der Waals surface area contributed by atoms with Crippen LogP contribution in [0.25, 0.3) is 0 Å². The predicted octanol–water partition coefficient (Wildman–Crippen LogP) is 1.76. The fraction of sp³-hybridized carbons (Fsp3) is 0.429. The van der Waals surface area contributed by atoms with Crippen molar-refractivity contribution in [2.45, 2.75) is 24.2 Å². The molecule has 1 aromatic carbocycles. The summed E-state index contributed by atoms with van der Waals surface area (Å²) < 4.78 is 5.44. The molecular formula is C14H15NO4S. The number of benzene rings is 1. The van der Waals surface area contributed by atoms with Gasteiger partial charge in [0.1, 0.15) is 5.75 Å². The Morgan fingerprint density at radius 3 is 2.85 bits per heavy atom. The van der Waals surface area contributed by atoms with Crippen molar-refractivity contribution in [2.24, 2.45) is 0 Å². The molecular weight excluding hydrogens is 278 g/mol. The monoisotopic (exact) mass is 293 g/mol. The van der Waals surface area contributed by atoms with E-state index in [4.69, 9.17) is 9.84 Å². The molecule has 0 radical (unpaired) electrons. The lowest BCUT2D eigenvalue weighted by Crippen LogP contribution is -2.49. The molecule has 20 heavy (non-hydrogen) atoms. The summed E-state index contributed by atoms with van der Waals surface area (Å²) in [5.74, 6) is 0.401. The third kappa shape index (κ3) is 2.35. The molecule has 2 aliphatic rings. The molecule has 0 aliphatic carbocycles. The number of hydrogen-bond acceptors (Lipinski definition) is 4. The van der Waals surface area contributed by atoms with Gasteiger partial charge < -0.3 is 14.7 Å². The Balaban J connectivity index is 1.91. The van der Waals surface area contributed by atoms with Crippen LogP contribution in [0.1, 0.15) is 12.8 Å². The van der Waals surface area contributed by atoms with Gasteiger partial charge in [0.25, 0.3) is 0 Å². The molecule has 106 valence electrons. The van der Waals surface area contributed by atoms with Crippen molar-refractivity contribution in [1.82, 2.24) is 0 Å². The van der Waals surface area contributed by atoms with E-state index in [0.29, 0.717) is 11.4 Å². The van der Waals surface area contributed by atoms with Gasteiger partial charge in [-0.1, -0.05) is 12.1 Å². The fourth-order valence-electron chi connectivity index (χ4n) is 2.52. The van der Waals surface area contributed by atoms with E-state index < -0.39 is 12.1 Å². The van der Waals surface area contributed by atoms with Crippen LogP contribution in [-0.4, -0.2) is 40.6 Å². The van der Waals surface area contributed by atoms with Crippen LogP contribution in [0.4, 0.5) is 5.69 Å². The molecule has 2 aliphatic heterocycles. The van der Waals surface area contributed by atoms with E-state index in [2.05, 4.69) is 0 Å². The van der Waals surface area contributed by atoms with Crippen molar-refractivity contribution in [2.75, 3.05) is 17.2 Å². The predicted molar refractivity (Wildman–Crippen MR) is 76.3 cm³/mol. The standard InChI is InChI=1S/C14H15NO4S/c16-13(12-6-3-7-20-12)15-8-11(14(17)18)19-10-5-2-1-4-9(10)15/h1-2,4-5,11-12H,3,6-8H2,(H,17,18). The minimum atomic E-state index is -1.05. The lowest BCUT2D eigenvalue weighted by atomic mass is 10.1. The SMILES string of the molecule is O=C(O)C1CN(C(=O)C2CCCS2)c2ccccc2O1. The molecule has 2 atom stereocenters. The molecule has 2 unspecified atom stereocenters. The zero-order valence-electron chi connectivity index (χ0n) is 10.8. The van der Waals surface area contributed by atoms with E-state index in [0.717, 1.165) is 18.6 Å². The number of carboxylic acids is 1. The first-order valence-electron chi connectivity index (χ1n) is 6.58. The smallest absolute Gasteiger partial charge is 0.346 e. The summed E-state index contributed by atoms with van der Waals surface area (Å²) in [6, 6.07) is 7.10. The maximum atomic E-state index is 12.6. The molecule has 2 heterocycles. The minimum Gasteiger partial charge on any atom is -0.478 e. The molecule has 0 aromatic heterocycles. The Labute approximate surface area is 120 Å². The van der Waals surface area contributed by atoms with Crippen LogP contribution in [0.2, 0.25) is 0 Å². The highest BCUT2D eigenvalue weighted by Gasteiger charge is 2.37. The lowest BCUT2D eigenvalue weighted by Gasteiger charge is -2.34. The summed E-state index contributed by atoms with van der Waals surface area (Å²) in [5.41, 5.74) is 0.669. The minimum absolute atomic E-state index is 0.00509. The summed E-state index contributed by atoms with van der Waals surface area (Å²) in [7, 11) is 0. The van der Waals surface area contributed by atoms with Gasteiger partial charge in [-0.3, -0.25) is 4.79 Å². The first-order chi connectivity index (χ1) is 9.66. The van der Waals surface area contributed by atoms with Gasteiger partial charge in [-0.15, -0.1) is 11.8 Å². The maximum Gasteiger partial charge on any atom is 0.346 e. The van der Waals surface area contributed by atoms with E-state index in [1.165, 1.54) is 0 Å². The number of carbonyl (C=O) groups excluding carboxylic acids is 1. The molecule has 0 saturated carbocycles. The summed E-state index contributed by atoms with van der Waals surface area (Å²) in [6.45, 7) is 0.0717. The summed E-state index contributed by atoms with van der Waals surface area (Å²) >= 11 is 1.65. The molecule has 1 amide bonds. The molecule has 0 bridgehead atoms. The first kappa shape index (κ1) is 13.3. The Morgan fingerprint density at radius 2 is 2.15 bits per heavy atom. The average molecular weight is 293 g/mol. The van der Waals surface area contributed by atoms with E-state index >= 15 is 0 Å². The second kappa shape index (κ2) is 5.36. The van der Waals surface area contributed by atoms with Crippen LogP contribution < -0.4 is 9.64 Å². The van der Waals surface area contributed by atoms with E-state index in [1.807, 2.05) is 6.07 Å². The Hall–Kier alpha value is -1.69. The van der Waals surface area contributed by atoms with Gasteiger partial charge in [0, 0.05) is 0 Å². The Bertz CT molecular complexity index is 542. The molecule has 5 nitrogen and oxygen atoms in total. The van der Waals surface area contributed by atoms with E-state index in [-0.39, 0.29) is 17.7 Å². The fourth-order valence-corrected chi connectivity index (χ4v) is 3.74. The molecule has 1 fully saturated rings. The van der Waals surface area contributed by atoms with Gasteiger partial charge in [-0.25, -0.2) is 4.79 Å². The topological polar surface area (TPSA) is 66.8 Å². The summed E-state index contributed by atoms with van der Waals surface area (Å²) in [5, 5.41) is 9.10. The normalized spacial score (nSPS) is 24.9. The van der Waals surface area contributed by atoms with Crippen LogP contribution in [0, 0.1) is 0 Å². The maximum absolute atomic E-state index is 12.6. The molecule has 3 rings (SSSR count). The third-order valence-electron chi connectivity index (χ3n) is 3.52. The van der Waals surface area contributed by atoms with Gasteiger partial charge in [-0.2, -0.15) is 0 Å². The number of thioether (sulfide) groups is 1. The van der Waals surface area contributed by atoms with Gasteiger partial charge >= 0.3 is 5.97 Å². The lowest BCUT2D eigenvalue weighted by molar-refractivity contribution is -0.145. The largest absolute Gasteiger partial charge is 0.478 e. The first-order valence-corrected chi connectivity index (χ1v) is 7.63. The van der Waals surface area contributed by atoms with Crippen LogP contribution in [-0.2, 0) is 9.59 Å². The number of aliphatic carboxylic acids is 1. The summed E-state index contributed by atoms with van der Waals surface area (Å²) in [6.07, 6.45) is 0.899. The molecule has 0 spiro atoms. The van der Waals surface area contributed by atoms with Crippen LogP contribution in [0.5, 0.6) is 5.75 Å². The van der Waals surface area contributed by atoms with Gasteiger partial charge in [-0.05, 0) is 30.7 Å². The van der Waals surface area contributed by atoms with Crippen molar-refractivity contribution in [3.63, 3.8) is 0 Å². The van der Waals surface area contributed by atoms with E-state index in [9.17, 15) is 9.59 Å². The number of rotatable bonds is 2. The van der Waals surface area contributed by atoms with Crippen LogP contribution in [0.15, 0.2) is 24.3 Å². The zero-order valence-corrected chi connectivity index (χ0v) is 11.6. The van der Waals surface area contributed by atoms with Crippen molar-refractivity contribution in [3.8, 4) is 5.75 Å². The highest BCUT2D eigenvalue weighted by atomic mass is 32.2. The second-order valence-corrected chi connectivity index (χ2v) is 6.17. The second-order valence-electron chi connectivity index (χ2n) is 4.86. The van der Waals surface area contributed by atoms with Crippen LogP contribution in [0.3, 0.4) is 0 Å². The molecule has 6 heteroatoms. The van der Waals surface area contributed by atoms with Crippen LogP contribution >= 0.6 is 11.8 Å². The highest BCUT2D eigenvalue weighted by molar-refractivity contribution is 8.00. The molecule has 1 aromatic rings. The number of amides is 1. The van der Waals surface area contributed by atoms with Crippen molar-refractivity contribution in [3.05, 3.63) is 24.3 Å².